The van der Waals surface area contributed by atoms with Gasteiger partial charge in [0.2, 0.25) is 0 Å². The molecular weight excluding hydrogens is 160 g/mol. The van der Waals surface area contributed by atoms with Crippen LogP contribution in [-0.2, 0) is 4.79 Å². The zero-order valence-corrected chi connectivity index (χ0v) is 8.12. The molecule has 0 aliphatic rings. The molecule has 0 atom stereocenters. The number of ketones is 1. The molecule has 1 heteroatoms. The molecule has 0 rings (SSSR count). The maximum atomic E-state index is 11.0. The van der Waals surface area contributed by atoms with Crippen molar-refractivity contribution in [2.45, 2.75) is 32.6 Å². The Morgan fingerprint density at radius 1 is 1.38 bits per heavy atom. The van der Waals surface area contributed by atoms with Crippen molar-refractivity contribution >= 4 is 5.78 Å². The zero-order chi connectivity index (χ0) is 9.94. The number of rotatable bonds is 6. The first kappa shape index (κ1) is 11.7. The molecule has 0 aromatic carbocycles. The van der Waals surface area contributed by atoms with E-state index in [2.05, 4.69) is 5.92 Å². The highest BCUT2D eigenvalue weighted by Gasteiger charge is 1.96. The molecule has 0 radical (unpaired) electrons. The van der Waals surface area contributed by atoms with Crippen molar-refractivity contribution in [1.29, 1.82) is 0 Å². The second-order valence-electron chi connectivity index (χ2n) is 2.78. The van der Waals surface area contributed by atoms with Crippen LogP contribution in [0.1, 0.15) is 32.6 Å². The molecule has 70 valence electrons. The maximum absolute atomic E-state index is 11.0. The summed E-state index contributed by atoms with van der Waals surface area (Å²) >= 11 is 0. The number of hydrogen-bond donors (Lipinski definition) is 0. The fourth-order valence-corrected chi connectivity index (χ4v) is 0.934. The van der Waals surface area contributed by atoms with Gasteiger partial charge in [0.15, 0.2) is 0 Å². The van der Waals surface area contributed by atoms with Crippen LogP contribution in [0, 0.1) is 12.3 Å². The number of carbonyl (C=O) groups is 1. The Kier molecular flexibility index (Phi) is 7.93. The van der Waals surface area contributed by atoms with Crippen molar-refractivity contribution in [3.05, 3.63) is 24.3 Å². The lowest BCUT2D eigenvalue weighted by Crippen LogP contribution is -1.94. The first-order valence-electron chi connectivity index (χ1n) is 4.60. The molecule has 0 amide bonds. The highest BCUT2D eigenvalue weighted by atomic mass is 16.1. The van der Waals surface area contributed by atoms with Gasteiger partial charge in [-0.1, -0.05) is 31.1 Å². The molecule has 0 spiro atoms. The van der Waals surface area contributed by atoms with Crippen LogP contribution in [0.15, 0.2) is 24.3 Å². The van der Waals surface area contributed by atoms with Crippen LogP contribution in [0.2, 0.25) is 0 Å². The topological polar surface area (TPSA) is 17.1 Å². The van der Waals surface area contributed by atoms with Crippen LogP contribution >= 0.6 is 0 Å². The van der Waals surface area contributed by atoms with Crippen molar-refractivity contribution in [3.8, 4) is 12.3 Å². The summed E-state index contributed by atoms with van der Waals surface area (Å²) in [6, 6.07) is 0. The molecule has 0 saturated carbocycles. The van der Waals surface area contributed by atoms with Crippen LogP contribution in [0.25, 0.3) is 0 Å². The van der Waals surface area contributed by atoms with Crippen LogP contribution in [0.5, 0.6) is 0 Å². The van der Waals surface area contributed by atoms with E-state index in [1.54, 1.807) is 12.2 Å². The summed E-state index contributed by atoms with van der Waals surface area (Å²) < 4.78 is 0. The van der Waals surface area contributed by atoms with E-state index in [0.29, 0.717) is 18.6 Å². The Morgan fingerprint density at radius 2 is 2.15 bits per heavy atom. The second kappa shape index (κ2) is 8.80. The number of carbonyl (C=O) groups excluding carboxylic acids is 1. The Balaban J connectivity index is 3.45. The molecule has 0 aromatic rings. The Bertz CT molecular complexity index is 228. The molecule has 0 heterocycles. The van der Waals surface area contributed by atoms with Gasteiger partial charge in [-0.05, 0) is 18.9 Å². The molecule has 0 aliphatic carbocycles. The zero-order valence-electron chi connectivity index (χ0n) is 8.12. The van der Waals surface area contributed by atoms with Gasteiger partial charge in [0.1, 0.15) is 5.78 Å². The van der Waals surface area contributed by atoms with Gasteiger partial charge in [-0.3, -0.25) is 4.79 Å². The largest absolute Gasteiger partial charge is 0.300 e. The van der Waals surface area contributed by atoms with Gasteiger partial charge < -0.3 is 0 Å². The normalized spacial score (nSPS) is 10.8. The first-order chi connectivity index (χ1) is 6.31. The minimum absolute atomic E-state index is 0.341. The quantitative estimate of drug-likeness (QED) is 0.449. The second-order valence-corrected chi connectivity index (χ2v) is 2.78. The third-order valence-electron chi connectivity index (χ3n) is 1.56. The van der Waals surface area contributed by atoms with Crippen molar-refractivity contribution in [2.24, 2.45) is 0 Å². The molecule has 0 aromatic heterocycles. The van der Waals surface area contributed by atoms with Gasteiger partial charge in [-0.2, -0.15) is 0 Å². The van der Waals surface area contributed by atoms with E-state index in [9.17, 15) is 4.79 Å². The summed E-state index contributed by atoms with van der Waals surface area (Å²) in [4.78, 5) is 11.0. The smallest absolute Gasteiger partial charge is 0.133 e. The summed E-state index contributed by atoms with van der Waals surface area (Å²) in [6.07, 6.45) is 15.4. The lowest BCUT2D eigenvalue weighted by molar-refractivity contribution is -0.119. The van der Waals surface area contributed by atoms with Crippen molar-refractivity contribution in [1.82, 2.24) is 0 Å². The predicted octanol–water partition coefficient (Wildman–Crippen LogP) is 2.88. The van der Waals surface area contributed by atoms with Gasteiger partial charge in [-0.25, -0.2) is 0 Å². The van der Waals surface area contributed by atoms with E-state index in [1.807, 2.05) is 19.1 Å². The fourth-order valence-electron chi connectivity index (χ4n) is 0.934. The van der Waals surface area contributed by atoms with Crippen molar-refractivity contribution in [3.63, 3.8) is 0 Å². The Labute approximate surface area is 80.5 Å². The molecule has 0 N–H and O–H groups in total. The van der Waals surface area contributed by atoms with Gasteiger partial charge >= 0.3 is 0 Å². The van der Waals surface area contributed by atoms with E-state index in [0.717, 1.165) is 12.8 Å². The van der Waals surface area contributed by atoms with E-state index in [-0.39, 0.29) is 0 Å². The monoisotopic (exact) mass is 176 g/mol. The summed E-state index contributed by atoms with van der Waals surface area (Å²) in [5, 5.41) is 0. The molecule has 0 bridgehead atoms. The number of terminal acetylenes is 1. The van der Waals surface area contributed by atoms with Crippen molar-refractivity contribution in [2.75, 3.05) is 0 Å². The molecule has 1 nitrogen and oxygen atoms in total. The third-order valence-corrected chi connectivity index (χ3v) is 1.56. The Morgan fingerprint density at radius 3 is 2.77 bits per heavy atom. The van der Waals surface area contributed by atoms with E-state index >= 15 is 0 Å². The molecule has 0 unspecified atom stereocenters. The molecule has 0 aliphatic heterocycles. The standard InChI is InChI=1S/C12H16O/c1-3-5-6-7-8-9-11-12(13)10-4-2/h1,5-8H,4,9-11H2,2H3/b6-5+,8-7+. The number of Topliss-reactive ketones (excluding diaryl/α,β-unsaturated/α-hetero) is 1. The number of allylic oxidation sites excluding steroid dienone is 4. The third kappa shape index (κ3) is 8.62. The van der Waals surface area contributed by atoms with Gasteiger partial charge in [0, 0.05) is 12.8 Å². The van der Waals surface area contributed by atoms with E-state index in [1.165, 1.54) is 0 Å². The highest BCUT2D eigenvalue weighted by molar-refractivity contribution is 5.78. The van der Waals surface area contributed by atoms with Crippen molar-refractivity contribution < 1.29 is 4.79 Å². The average molecular weight is 176 g/mol. The van der Waals surface area contributed by atoms with E-state index in [4.69, 9.17) is 6.42 Å². The van der Waals surface area contributed by atoms with Crippen LogP contribution in [-0.4, -0.2) is 5.78 Å². The van der Waals surface area contributed by atoms with Gasteiger partial charge in [-0.15, -0.1) is 6.42 Å². The average Bonchev–Trinajstić information content (AvgIpc) is 2.11. The van der Waals surface area contributed by atoms with E-state index < -0.39 is 0 Å². The van der Waals surface area contributed by atoms with Crippen LogP contribution < -0.4 is 0 Å². The molecule has 0 saturated heterocycles. The summed E-state index contributed by atoms with van der Waals surface area (Å²) in [7, 11) is 0. The lowest BCUT2D eigenvalue weighted by Gasteiger charge is -1.93. The summed E-state index contributed by atoms with van der Waals surface area (Å²) in [5.41, 5.74) is 0. The summed E-state index contributed by atoms with van der Waals surface area (Å²) in [5.74, 6) is 2.73. The minimum atomic E-state index is 0.341. The van der Waals surface area contributed by atoms with Crippen LogP contribution in [0.4, 0.5) is 0 Å². The van der Waals surface area contributed by atoms with Crippen LogP contribution in [0.3, 0.4) is 0 Å². The number of hydrogen-bond acceptors (Lipinski definition) is 1. The van der Waals surface area contributed by atoms with Gasteiger partial charge in [0.05, 0.1) is 0 Å². The minimum Gasteiger partial charge on any atom is -0.300 e. The fraction of sp³-hybridized carbons (Fsp3) is 0.417. The summed E-state index contributed by atoms with van der Waals surface area (Å²) in [6.45, 7) is 2.02. The maximum Gasteiger partial charge on any atom is 0.133 e. The SMILES string of the molecule is C#C/C=C/C=C/CCC(=O)CCC. The predicted molar refractivity (Wildman–Crippen MR) is 56.3 cm³/mol. The highest BCUT2D eigenvalue weighted by Crippen LogP contribution is 1.98. The van der Waals surface area contributed by atoms with Gasteiger partial charge in [0.25, 0.3) is 0 Å². The lowest BCUT2D eigenvalue weighted by atomic mass is 10.1. The molecular formula is C12H16O. The first-order valence-corrected chi connectivity index (χ1v) is 4.60. The molecule has 13 heavy (non-hydrogen) atoms. The molecule has 0 fully saturated rings. The Hall–Kier alpha value is -1.29.